The van der Waals surface area contributed by atoms with E-state index in [1.165, 1.54) is 12.8 Å². The van der Waals surface area contributed by atoms with E-state index in [9.17, 15) is 5.11 Å². The molecule has 0 aromatic carbocycles. The van der Waals surface area contributed by atoms with E-state index < -0.39 is 6.10 Å². The Morgan fingerprint density at radius 3 is 2.94 bits per heavy atom. The fourth-order valence-corrected chi connectivity index (χ4v) is 1.45. The van der Waals surface area contributed by atoms with Crippen molar-refractivity contribution in [3.8, 4) is 5.75 Å². The monoisotopic (exact) mass is 236 g/mol. The molecule has 1 heterocycles. The first-order chi connectivity index (χ1) is 8.28. The summed E-state index contributed by atoms with van der Waals surface area (Å²) in [6.45, 7) is 3.08. The van der Waals surface area contributed by atoms with Crippen molar-refractivity contribution < 1.29 is 9.84 Å². The molecule has 1 aliphatic carbocycles. The normalized spacial score (nSPS) is 16.8. The number of aliphatic hydroxyl groups excluding tert-OH is 1. The van der Waals surface area contributed by atoms with E-state index in [2.05, 4.69) is 10.3 Å². The first kappa shape index (κ1) is 12.3. The number of aromatic nitrogens is 1. The molecule has 1 aromatic heterocycles. The summed E-state index contributed by atoms with van der Waals surface area (Å²) in [5.74, 6) is 0.715. The van der Waals surface area contributed by atoms with Gasteiger partial charge in [-0.3, -0.25) is 4.98 Å². The molecule has 0 bridgehead atoms. The van der Waals surface area contributed by atoms with Crippen LogP contribution in [0.3, 0.4) is 0 Å². The summed E-state index contributed by atoms with van der Waals surface area (Å²) in [5, 5.41) is 12.8. The van der Waals surface area contributed by atoms with E-state index in [0.29, 0.717) is 24.8 Å². The predicted molar refractivity (Wildman–Crippen MR) is 65.9 cm³/mol. The second-order valence-electron chi connectivity index (χ2n) is 4.51. The molecule has 2 N–H and O–H groups in total. The van der Waals surface area contributed by atoms with Gasteiger partial charge >= 0.3 is 0 Å². The highest BCUT2D eigenvalue weighted by molar-refractivity contribution is 5.19. The van der Waals surface area contributed by atoms with Crippen LogP contribution in [-0.2, 0) is 6.54 Å². The zero-order valence-electron chi connectivity index (χ0n) is 10.2. The third-order valence-corrected chi connectivity index (χ3v) is 2.86. The van der Waals surface area contributed by atoms with Crippen LogP contribution in [0.4, 0.5) is 0 Å². The molecule has 1 saturated carbocycles. The number of nitrogens with one attached hydrogen (secondary N) is 1. The minimum absolute atomic E-state index is 0.331. The molecule has 2 rings (SSSR count). The molecule has 4 nitrogen and oxygen atoms in total. The van der Waals surface area contributed by atoms with Crippen LogP contribution in [0.25, 0.3) is 0 Å². The lowest BCUT2D eigenvalue weighted by atomic mass is 10.3. The van der Waals surface area contributed by atoms with Crippen LogP contribution in [0.5, 0.6) is 5.75 Å². The van der Waals surface area contributed by atoms with Gasteiger partial charge < -0.3 is 15.2 Å². The summed E-state index contributed by atoms with van der Waals surface area (Å²) in [6.07, 6.45) is 4.60. The molecule has 1 fully saturated rings. The van der Waals surface area contributed by atoms with Crippen LogP contribution < -0.4 is 10.1 Å². The zero-order valence-corrected chi connectivity index (χ0v) is 10.2. The fraction of sp³-hybridized carbons (Fsp3) is 0.615. The minimum atomic E-state index is -0.397. The van der Waals surface area contributed by atoms with Crippen molar-refractivity contribution in [1.82, 2.24) is 10.3 Å². The summed E-state index contributed by atoms with van der Waals surface area (Å²) < 4.78 is 5.42. The SMILES string of the molecule is CCC(O)COc1ccc(CNC2CC2)nc1. The van der Waals surface area contributed by atoms with Gasteiger partial charge in [-0.15, -0.1) is 0 Å². The standard InChI is InChI=1S/C13H20N2O2/c1-2-12(16)9-17-13-6-5-11(15-8-13)7-14-10-3-4-10/h5-6,8,10,12,14,16H,2-4,7,9H2,1H3. The molecule has 0 radical (unpaired) electrons. The Kier molecular flexibility index (Phi) is 4.34. The van der Waals surface area contributed by atoms with E-state index >= 15 is 0 Å². The number of nitrogens with zero attached hydrogens (tertiary/aromatic N) is 1. The van der Waals surface area contributed by atoms with E-state index in [0.717, 1.165) is 12.2 Å². The van der Waals surface area contributed by atoms with E-state index in [1.807, 2.05) is 19.1 Å². The summed E-state index contributed by atoms with van der Waals surface area (Å²) in [5.41, 5.74) is 1.03. The quantitative estimate of drug-likeness (QED) is 0.753. The van der Waals surface area contributed by atoms with Crippen LogP contribution in [-0.4, -0.2) is 28.8 Å². The van der Waals surface area contributed by atoms with Gasteiger partial charge in [-0.2, -0.15) is 0 Å². The first-order valence-corrected chi connectivity index (χ1v) is 6.27. The Balaban J connectivity index is 1.75. The van der Waals surface area contributed by atoms with Crippen molar-refractivity contribution in [2.45, 2.75) is 44.9 Å². The Morgan fingerprint density at radius 2 is 2.35 bits per heavy atom. The van der Waals surface area contributed by atoms with Crippen molar-refractivity contribution in [3.05, 3.63) is 24.0 Å². The predicted octanol–water partition coefficient (Wildman–Crippen LogP) is 1.48. The second kappa shape index (κ2) is 5.98. The van der Waals surface area contributed by atoms with Gasteiger partial charge in [-0.25, -0.2) is 0 Å². The zero-order chi connectivity index (χ0) is 12.1. The maximum absolute atomic E-state index is 9.37. The van der Waals surface area contributed by atoms with Gasteiger partial charge in [0.2, 0.25) is 0 Å². The highest BCUT2D eigenvalue weighted by atomic mass is 16.5. The lowest BCUT2D eigenvalue weighted by Gasteiger charge is -2.10. The molecule has 1 aromatic rings. The summed E-state index contributed by atoms with van der Waals surface area (Å²) in [6, 6.07) is 4.56. The average molecular weight is 236 g/mol. The second-order valence-corrected chi connectivity index (χ2v) is 4.51. The topological polar surface area (TPSA) is 54.4 Å². The van der Waals surface area contributed by atoms with E-state index in [-0.39, 0.29) is 0 Å². The summed E-state index contributed by atoms with van der Waals surface area (Å²) >= 11 is 0. The Bertz CT molecular complexity index is 336. The lowest BCUT2D eigenvalue weighted by Crippen LogP contribution is -2.17. The minimum Gasteiger partial charge on any atom is -0.489 e. The van der Waals surface area contributed by atoms with Crippen molar-refractivity contribution >= 4 is 0 Å². The molecule has 1 unspecified atom stereocenters. The maximum Gasteiger partial charge on any atom is 0.137 e. The fourth-order valence-electron chi connectivity index (χ4n) is 1.45. The molecule has 94 valence electrons. The van der Waals surface area contributed by atoms with Crippen molar-refractivity contribution in [2.75, 3.05) is 6.61 Å². The van der Waals surface area contributed by atoms with Gasteiger partial charge in [0.1, 0.15) is 12.4 Å². The van der Waals surface area contributed by atoms with E-state index in [1.54, 1.807) is 6.20 Å². The third-order valence-electron chi connectivity index (χ3n) is 2.86. The van der Waals surface area contributed by atoms with Gasteiger partial charge in [-0.1, -0.05) is 6.92 Å². The highest BCUT2D eigenvalue weighted by Gasteiger charge is 2.19. The van der Waals surface area contributed by atoms with Gasteiger partial charge in [-0.05, 0) is 31.4 Å². The van der Waals surface area contributed by atoms with Crippen LogP contribution in [0.15, 0.2) is 18.3 Å². The van der Waals surface area contributed by atoms with Crippen LogP contribution >= 0.6 is 0 Å². The van der Waals surface area contributed by atoms with Crippen LogP contribution in [0.1, 0.15) is 31.9 Å². The van der Waals surface area contributed by atoms with Gasteiger partial charge in [0.05, 0.1) is 18.0 Å². The smallest absolute Gasteiger partial charge is 0.137 e. The Morgan fingerprint density at radius 1 is 1.53 bits per heavy atom. The third kappa shape index (κ3) is 4.32. The van der Waals surface area contributed by atoms with Gasteiger partial charge in [0.15, 0.2) is 0 Å². The van der Waals surface area contributed by atoms with E-state index in [4.69, 9.17) is 4.74 Å². The van der Waals surface area contributed by atoms with Gasteiger partial charge in [0, 0.05) is 12.6 Å². The number of rotatable bonds is 7. The lowest BCUT2D eigenvalue weighted by molar-refractivity contribution is 0.104. The summed E-state index contributed by atoms with van der Waals surface area (Å²) in [4.78, 5) is 4.31. The molecular formula is C13H20N2O2. The largest absolute Gasteiger partial charge is 0.489 e. The van der Waals surface area contributed by atoms with Crippen LogP contribution in [0, 0.1) is 0 Å². The average Bonchev–Trinajstić information content (AvgIpc) is 3.18. The molecule has 0 amide bonds. The highest BCUT2D eigenvalue weighted by Crippen LogP contribution is 2.19. The molecule has 0 spiro atoms. The Labute approximate surface area is 102 Å². The number of hydrogen-bond acceptors (Lipinski definition) is 4. The maximum atomic E-state index is 9.37. The first-order valence-electron chi connectivity index (χ1n) is 6.27. The molecule has 0 saturated heterocycles. The van der Waals surface area contributed by atoms with Crippen molar-refractivity contribution in [2.24, 2.45) is 0 Å². The number of hydrogen-bond donors (Lipinski definition) is 2. The summed E-state index contributed by atoms with van der Waals surface area (Å²) in [7, 11) is 0. The van der Waals surface area contributed by atoms with Crippen molar-refractivity contribution in [1.29, 1.82) is 0 Å². The number of ether oxygens (including phenoxy) is 1. The van der Waals surface area contributed by atoms with Crippen molar-refractivity contribution in [3.63, 3.8) is 0 Å². The number of pyridine rings is 1. The molecule has 4 heteroatoms. The molecular weight excluding hydrogens is 216 g/mol. The van der Waals surface area contributed by atoms with Gasteiger partial charge in [0.25, 0.3) is 0 Å². The molecule has 0 aliphatic heterocycles. The Hall–Kier alpha value is -1.13. The molecule has 1 aliphatic rings. The molecule has 1 atom stereocenters. The van der Waals surface area contributed by atoms with Crippen LogP contribution in [0.2, 0.25) is 0 Å². The number of aliphatic hydroxyl groups is 1. The molecule has 17 heavy (non-hydrogen) atoms.